The highest BCUT2D eigenvalue weighted by Crippen LogP contribution is 2.40. The number of carbonyl (C=O) groups is 1. The first kappa shape index (κ1) is 20.3. The number of amides is 1. The van der Waals surface area contributed by atoms with Crippen LogP contribution >= 0.6 is 11.3 Å². The van der Waals surface area contributed by atoms with Gasteiger partial charge in [0, 0.05) is 26.2 Å². The van der Waals surface area contributed by atoms with Crippen LogP contribution in [0.4, 0.5) is 5.13 Å². The summed E-state index contributed by atoms with van der Waals surface area (Å²) in [6.07, 6.45) is 0.382. The number of hydrogen-bond donors (Lipinski definition) is 0. The number of thiazole rings is 1. The van der Waals surface area contributed by atoms with Crippen molar-refractivity contribution < 1.29 is 19.0 Å². The Morgan fingerprint density at radius 3 is 2.50 bits per heavy atom. The molecule has 3 aromatic rings. The monoisotopic (exact) mass is 427 g/mol. The molecule has 0 N–H and O–H groups in total. The number of fused-ring (bicyclic) bond motifs is 1. The van der Waals surface area contributed by atoms with Crippen molar-refractivity contribution >= 4 is 32.6 Å². The van der Waals surface area contributed by atoms with Gasteiger partial charge in [-0.2, -0.15) is 0 Å². The van der Waals surface area contributed by atoms with Crippen LogP contribution in [0.25, 0.3) is 10.2 Å². The molecule has 0 spiro atoms. The molecule has 0 saturated carbocycles. The number of para-hydroxylation sites is 1. The Morgan fingerprint density at radius 1 is 1.03 bits per heavy atom. The molecule has 1 aliphatic heterocycles. The van der Waals surface area contributed by atoms with Gasteiger partial charge in [-0.25, -0.2) is 4.98 Å². The number of aromatic nitrogens is 1. The van der Waals surface area contributed by atoms with Crippen LogP contribution in [-0.4, -0.2) is 62.8 Å². The highest BCUT2D eigenvalue weighted by atomic mass is 32.1. The van der Waals surface area contributed by atoms with E-state index in [-0.39, 0.29) is 5.91 Å². The number of anilines is 1. The van der Waals surface area contributed by atoms with Crippen molar-refractivity contribution in [3.8, 4) is 17.2 Å². The van der Waals surface area contributed by atoms with Gasteiger partial charge in [-0.1, -0.05) is 29.5 Å². The van der Waals surface area contributed by atoms with Crippen LogP contribution in [0.3, 0.4) is 0 Å². The summed E-state index contributed by atoms with van der Waals surface area (Å²) in [7, 11) is 3.25. The summed E-state index contributed by atoms with van der Waals surface area (Å²) < 4.78 is 17.6. The van der Waals surface area contributed by atoms with Crippen LogP contribution in [0.5, 0.6) is 17.2 Å². The molecule has 4 rings (SSSR count). The van der Waals surface area contributed by atoms with Crippen LogP contribution in [0, 0.1) is 0 Å². The predicted molar refractivity (Wildman–Crippen MR) is 118 cm³/mol. The van der Waals surface area contributed by atoms with Crippen LogP contribution in [0.2, 0.25) is 0 Å². The lowest BCUT2D eigenvalue weighted by molar-refractivity contribution is -0.132. The molecule has 0 aliphatic carbocycles. The normalized spacial score (nSPS) is 14.1. The molecule has 0 unspecified atom stereocenters. The Balaban J connectivity index is 1.33. The fraction of sp³-hybridized carbons (Fsp3) is 0.364. The van der Waals surface area contributed by atoms with Gasteiger partial charge in [0.15, 0.2) is 16.6 Å². The second kappa shape index (κ2) is 9.21. The fourth-order valence-corrected chi connectivity index (χ4v) is 4.53. The lowest BCUT2D eigenvalue weighted by Crippen LogP contribution is -2.49. The summed E-state index contributed by atoms with van der Waals surface area (Å²) in [5.41, 5.74) is 0.813. The van der Waals surface area contributed by atoms with E-state index in [1.807, 2.05) is 47.4 Å². The number of rotatable bonds is 7. The van der Waals surface area contributed by atoms with E-state index in [9.17, 15) is 4.79 Å². The van der Waals surface area contributed by atoms with Crippen molar-refractivity contribution in [2.45, 2.75) is 6.42 Å². The second-order valence-corrected chi connectivity index (χ2v) is 7.93. The number of ether oxygens (including phenoxy) is 3. The average Bonchev–Trinajstić information content (AvgIpc) is 3.23. The van der Waals surface area contributed by atoms with Crippen LogP contribution in [0.15, 0.2) is 42.5 Å². The zero-order valence-corrected chi connectivity index (χ0v) is 18.0. The van der Waals surface area contributed by atoms with Gasteiger partial charge in [0.1, 0.15) is 11.3 Å². The van der Waals surface area contributed by atoms with E-state index >= 15 is 0 Å². The van der Waals surface area contributed by atoms with E-state index in [1.54, 1.807) is 25.6 Å². The van der Waals surface area contributed by atoms with E-state index < -0.39 is 0 Å². The van der Waals surface area contributed by atoms with Gasteiger partial charge in [0.25, 0.3) is 0 Å². The van der Waals surface area contributed by atoms with Crippen molar-refractivity contribution in [1.29, 1.82) is 0 Å². The Labute approximate surface area is 179 Å². The third-order valence-corrected chi connectivity index (χ3v) is 6.20. The molecule has 1 fully saturated rings. The highest BCUT2D eigenvalue weighted by molar-refractivity contribution is 7.22. The standard InChI is InChI=1S/C22H25N3O4S/c1-27-17-8-9-18-20(21(17)28-2)23-22(30-18)25-13-11-24(12-14-25)19(26)10-15-29-16-6-4-3-5-7-16/h3-9H,10-15H2,1-2H3. The summed E-state index contributed by atoms with van der Waals surface area (Å²) >= 11 is 1.63. The summed E-state index contributed by atoms with van der Waals surface area (Å²) in [5.74, 6) is 2.25. The van der Waals surface area contributed by atoms with Crippen LogP contribution < -0.4 is 19.1 Å². The van der Waals surface area contributed by atoms with Crippen LogP contribution in [-0.2, 0) is 4.79 Å². The second-order valence-electron chi connectivity index (χ2n) is 6.92. The van der Waals surface area contributed by atoms with Crippen molar-refractivity contribution in [2.75, 3.05) is 51.9 Å². The lowest BCUT2D eigenvalue weighted by Gasteiger charge is -2.34. The van der Waals surface area contributed by atoms with Gasteiger partial charge in [0.2, 0.25) is 5.91 Å². The highest BCUT2D eigenvalue weighted by Gasteiger charge is 2.24. The van der Waals surface area contributed by atoms with Crippen LogP contribution in [0.1, 0.15) is 6.42 Å². The molecule has 7 nitrogen and oxygen atoms in total. The maximum absolute atomic E-state index is 12.5. The molecular weight excluding hydrogens is 402 g/mol. The summed E-state index contributed by atoms with van der Waals surface area (Å²) in [6, 6.07) is 13.5. The number of nitrogens with zero attached hydrogens (tertiary/aromatic N) is 3. The number of hydrogen-bond acceptors (Lipinski definition) is 7. The lowest BCUT2D eigenvalue weighted by atomic mass is 10.3. The van der Waals surface area contributed by atoms with E-state index in [4.69, 9.17) is 19.2 Å². The summed E-state index contributed by atoms with van der Waals surface area (Å²) in [4.78, 5) is 21.4. The molecule has 1 aliphatic rings. The predicted octanol–water partition coefficient (Wildman–Crippen LogP) is 3.43. The fourth-order valence-electron chi connectivity index (χ4n) is 3.51. The molecule has 1 aromatic heterocycles. The number of benzene rings is 2. The molecule has 8 heteroatoms. The van der Waals surface area contributed by atoms with Gasteiger partial charge < -0.3 is 24.0 Å². The van der Waals surface area contributed by atoms with Gasteiger partial charge >= 0.3 is 0 Å². The molecule has 30 heavy (non-hydrogen) atoms. The zero-order chi connectivity index (χ0) is 20.9. The molecular formula is C22H25N3O4S. The minimum absolute atomic E-state index is 0.126. The zero-order valence-electron chi connectivity index (χ0n) is 17.2. The first-order valence-corrected chi connectivity index (χ1v) is 10.7. The third kappa shape index (κ3) is 4.28. The van der Waals surface area contributed by atoms with Gasteiger partial charge in [0.05, 0.1) is 31.9 Å². The SMILES string of the molecule is COc1ccc2sc(N3CCN(C(=O)CCOc4ccccc4)CC3)nc2c1OC. The summed E-state index contributed by atoms with van der Waals surface area (Å²) in [6.45, 7) is 3.26. The third-order valence-electron chi connectivity index (χ3n) is 5.12. The minimum atomic E-state index is 0.126. The topological polar surface area (TPSA) is 64.1 Å². The van der Waals surface area contributed by atoms with Crippen molar-refractivity contribution in [3.63, 3.8) is 0 Å². The van der Waals surface area contributed by atoms with E-state index in [0.29, 0.717) is 37.6 Å². The van der Waals surface area contributed by atoms with Crippen molar-refractivity contribution in [2.24, 2.45) is 0 Å². The maximum Gasteiger partial charge on any atom is 0.226 e. The van der Waals surface area contributed by atoms with Gasteiger partial charge in [-0.05, 0) is 24.3 Å². The molecule has 0 bridgehead atoms. The number of methoxy groups -OCH3 is 2. The quantitative estimate of drug-likeness (QED) is 0.576. The molecule has 0 atom stereocenters. The van der Waals surface area contributed by atoms with Gasteiger partial charge in [-0.3, -0.25) is 4.79 Å². The van der Waals surface area contributed by atoms with E-state index in [0.717, 1.165) is 34.2 Å². The molecule has 0 radical (unpaired) electrons. The first-order valence-electron chi connectivity index (χ1n) is 9.91. The molecule has 2 aromatic carbocycles. The first-order chi connectivity index (χ1) is 14.7. The average molecular weight is 428 g/mol. The number of piperazine rings is 1. The Hall–Kier alpha value is -3.00. The van der Waals surface area contributed by atoms with Gasteiger partial charge in [-0.15, -0.1) is 0 Å². The molecule has 158 valence electrons. The molecule has 1 amide bonds. The molecule has 2 heterocycles. The largest absolute Gasteiger partial charge is 0.493 e. The van der Waals surface area contributed by atoms with E-state index in [1.165, 1.54) is 0 Å². The van der Waals surface area contributed by atoms with Crippen molar-refractivity contribution in [3.05, 3.63) is 42.5 Å². The van der Waals surface area contributed by atoms with E-state index in [2.05, 4.69) is 4.90 Å². The Kier molecular flexibility index (Phi) is 6.23. The summed E-state index contributed by atoms with van der Waals surface area (Å²) in [5, 5.41) is 0.941. The Morgan fingerprint density at radius 2 is 1.80 bits per heavy atom. The number of carbonyl (C=O) groups excluding carboxylic acids is 1. The Bertz CT molecular complexity index is 1000. The minimum Gasteiger partial charge on any atom is -0.493 e. The maximum atomic E-state index is 12.5. The smallest absolute Gasteiger partial charge is 0.226 e. The molecule has 1 saturated heterocycles. The van der Waals surface area contributed by atoms with Crippen molar-refractivity contribution in [1.82, 2.24) is 9.88 Å².